The number of fused-ring (bicyclic) bond motifs is 1. The molecular weight excluding hydrogens is 270 g/mol. The molecule has 1 atom stereocenters. The zero-order valence-electron chi connectivity index (χ0n) is 12.5. The summed E-state index contributed by atoms with van der Waals surface area (Å²) < 4.78 is 10.6. The average Bonchev–Trinajstić information content (AvgIpc) is 3.06. The number of ether oxygens (including phenoxy) is 2. The van der Waals surface area contributed by atoms with Crippen LogP contribution in [-0.4, -0.2) is 55.7 Å². The number of nitrogens with two attached hydrogens (primary N) is 1. The molecule has 2 aliphatic rings. The number of carbonyl (C=O) groups excluding carboxylic acids is 1. The maximum atomic E-state index is 12.6. The molecule has 0 radical (unpaired) electrons. The van der Waals surface area contributed by atoms with Crippen LogP contribution in [0.2, 0.25) is 0 Å². The van der Waals surface area contributed by atoms with Gasteiger partial charge in [0.2, 0.25) is 6.79 Å². The molecule has 3 rings (SSSR count). The first-order valence-electron chi connectivity index (χ1n) is 7.21. The standard InChI is InChI=1S/C15H21N3O3/c1-17-5-3-4-10(17)8-18(2)15(19)11-6-13-14(7-12(11)16)21-9-20-13/h6-7,10H,3-5,8-9,16H2,1-2H3. The van der Waals surface area contributed by atoms with E-state index in [4.69, 9.17) is 15.2 Å². The second-order valence-corrected chi connectivity index (χ2v) is 5.76. The molecular formula is C15H21N3O3. The minimum Gasteiger partial charge on any atom is -0.454 e. The first-order chi connectivity index (χ1) is 10.1. The molecule has 0 aliphatic carbocycles. The van der Waals surface area contributed by atoms with E-state index in [2.05, 4.69) is 11.9 Å². The van der Waals surface area contributed by atoms with Gasteiger partial charge < -0.3 is 25.0 Å². The van der Waals surface area contributed by atoms with Gasteiger partial charge in [-0.2, -0.15) is 0 Å². The predicted octanol–water partition coefficient (Wildman–Crippen LogP) is 1.16. The zero-order chi connectivity index (χ0) is 15.0. The Bertz CT molecular complexity index is 561. The molecule has 2 N–H and O–H groups in total. The number of hydrogen-bond acceptors (Lipinski definition) is 5. The Morgan fingerprint density at radius 2 is 2.14 bits per heavy atom. The van der Waals surface area contributed by atoms with Crippen LogP contribution in [0.15, 0.2) is 12.1 Å². The van der Waals surface area contributed by atoms with E-state index in [0.717, 1.165) is 13.0 Å². The van der Waals surface area contributed by atoms with Crippen LogP contribution in [0.25, 0.3) is 0 Å². The average molecular weight is 291 g/mol. The Labute approximate surface area is 124 Å². The number of nitrogen functional groups attached to an aromatic ring is 1. The highest BCUT2D eigenvalue weighted by atomic mass is 16.7. The highest BCUT2D eigenvalue weighted by molar-refractivity contribution is 6.00. The lowest BCUT2D eigenvalue weighted by Gasteiger charge is -2.26. The highest BCUT2D eigenvalue weighted by Crippen LogP contribution is 2.36. The molecule has 2 aliphatic heterocycles. The normalized spacial score (nSPS) is 20.8. The molecule has 1 aromatic carbocycles. The van der Waals surface area contributed by atoms with Crippen molar-refractivity contribution >= 4 is 11.6 Å². The zero-order valence-corrected chi connectivity index (χ0v) is 12.5. The van der Waals surface area contributed by atoms with Crippen molar-refractivity contribution in [1.29, 1.82) is 0 Å². The van der Waals surface area contributed by atoms with Crippen LogP contribution in [0.4, 0.5) is 5.69 Å². The molecule has 21 heavy (non-hydrogen) atoms. The molecule has 1 aromatic rings. The summed E-state index contributed by atoms with van der Waals surface area (Å²) in [6, 6.07) is 3.76. The Kier molecular flexibility index (Phi) is 3.63. The van der Waals surface area contributed by atoms with Gasteiger partial charge in [0.05, 0.1) is 5.56 Å². The van der Waals surface area contributed by atoms with Crippen LogP contribution in [-0.2, 0) is 0 Å². The van der Waals surface area contributed by atoms with E-state index >= 15 is 0 Å². The number of carbonyl (C=O) groups is 1. The fourth-order valence-electron chi connectivity index (χ4n) is 2.96. The maximum Gasteiger partial charge on any atom is 0.255 e. The third-order valence-corrected chi connectivity index (χ3v) is 4.28. The fraction of sp³-hybridized carbons (Fsp3) is 0.533. The summed E-state index contributed by atoms with van der Waals surface area (Å²) in [5, 5.41) is 0. The smallest absolute Gasteiger partial charge is 0.255 e. The third kappa shape index (κ3) is 2.63. The first-order valence-corrected chi connectivity index (χ1v) is 7.21. The molecule has 1 saturated heterocycles. The number of nitrogens with zero attached hydrogens (tertiary/aromatic N) is 2. The number of likely N-dealkylation sites (N-methyl/N-ethyl adjacent to an activating group) is 2. The second-order valence-electron chi connectivity index (χ2n) is 5.76. The number of benzene rings is 1. The van der Waals surface area contributed by atoms with Crippen LogP contribution in [0.3, 0.4) is 0 Å². The van der Waals surface area contributed by atoms with E-state index in [1.807, 2.05) is 7.05 Å². The van der Waals surface area contributed by atoms with Gasteiger partial charge in [-0.05, 0) is 32.5 Å². The molecule has 2 heterocycles. The van der Waals surface area contributed by atoms with E-state index in [9.17, 15) is 4.79 Å². The molecule has 114 valence electrons. The highest BCUT2D eigenvalue weighted by Gasteiger charge is 2.26. The van der Waals surface area contributed by atoms with Crippen molar-refractivity contribution in [3.8, 4) is 11.5 Å². The molecule has 0 aromatic heterocycles. The molecule has 0 bridgehead atoms. The van der Waals surface area contributed by atoms with Crippen molar-refractivity contribution in [2.75, 3.05) is 39.7 Å². The number of hydrogen-bond donors (Lipinski definition) is 1. The topological polar surface area (TPSA) is 68.0 Å². The molecule has 6 nitrogen and oxygen atoms in total. The maximum absolute atomic E-state index is 12.6. The predicted molar refractivity (Wildman–Crippen MR) is 79.6 cm³/mol. The Hall–Kier alpha value is -1.95. The van der Waals surface area contributed by atoms with Crippen molar-refractivity contribution in [2.24, 2.45) is 0 Å². The van der Waals surface area contributed by atoms with Gasteiger partial charge in [-0.15, -0.1) is 0 Å². The Morgan fingerprint density at radius 1 is 1.43 bits per heavy atom. The SMILES string of the molecule is CN(CC1CCCN1C)C(=O)c1cc2c(cc1N)OCO2. The van der Waals surface area contributed by atoms with E-state index in [0.29, 0.717) is 35.3 Å². The summed E-state index contributed by atoms with van der Waals surface area (Å²) in [5.41, 5.74) is 6.88. The van der Waals surface area contributed by atoms with Crippen LogP contribution >= 0.6 is 0 Å². The van der Waals surface area contributed by atoms with Gasteiger partial charge >= 0.3 is 0 Å². The van der Waals surface area contributed by atoms with Crippen LogP contribution in [0.1, 0.15) is 23.2 Å². The summed E-state index contributed by atoms with van der Waals surface area (Å²) in [6.07, 6.45) is 2.32. The largest absolute Gasteiger partial charge is 0.454 e. The van der Waals surface area contributed by atoms with Crippen molar-refractivity contribution in [2.45, 2.75) is 18.9 Å². The van der Waals surface area contributed by atoms with Crippen molar-refractivity contribution in [1.82, 2.24) is 9.80 Å². The minimum atomic E-state index is -0.0777. The molecule has 0 saturated carbocycles. The summed E-state index contributed by atoms with van der Waals surface area (Å²) in [6.45, 7) is 1.98. The lowest BCUT2D eigenvalue weighted by atomic mass is 10.1. The van der Waals surface area contributed by atoms with Gasteiger partial charge in [-0.3, -0.25) is 4.79 Å². The Morgan fingerprint density at radius 3 is 2.81 bits per heavy atom. The van der Waals surface area contributed by atoms with E-state index in [1.165, 1.54) is 6.42 Å². The number of amides is 1. The number of anilines is 1. The monoisotopic (exact) mass is 291 g/mol. The van der Waals surface area contributed by atoms with Gasteiger partial charge in [0.1, 0.15) is 0 Å². The van der Waals surface area contributed by atoms with E-state index in [1.54, 1.807) is 17.0 Å². The first kappa shape index (κ1) is 14.0. The minimum absolute atomic E-state index is 0.0777. The Balaban J connectivity index is 1.75. The molecule has 1 unspecified atom stereocenters. The summed E-state index contributed by atoms with van der Waals surface area (Å²) in [7, 11) is 3.92. The molecule has 6 heteroatoms. The fourth-order valence-corrected chi connectivity index (χ4v) is 2.96. The van der Waals surface area contributed by atoms with Crippen LogP contribution in [0.5, 0.6) is 11.5 Å². The summed E-state index contributed by atoms with van der Waals surface area (Å²) >= 11 is 0. The van der Waals surface area contributed by atoms with E-state index in [-0.39, 0.29) is 12.7 Å². The lowest BCUT2D eigenvalue weighted by Crippen LogP contribution is -2.39. The molecule has 1 amide bonds. The van der Waals surface area contributed by atoms with Gasteiger partial charge in [0, 0.05) is 31.4 Å². The number of likely N-dealkylation sites (tertiary alicyclic amines) is 1. The van der Waals surface area contributed by atoms with E-state index < -0.39 is 0 Å². The van der Waals surface area contributed by atoms with Crippen LogP contribution in [0, 0.1) is 0 Å². The summed E-state index contributed by atoms with van der Waals surface area (Å²) in [5.74, 6) is 1.10. The van der Waals surface area contributed by atoms with Crippen molar-refractivity contribution < 1.29 is 14.3 Å². The van der Waals surface area contributed by atoms with Gasteiger partial charge in [-0.1, -0.05) is 0 Å². The van der Waals surface area contributed by atoms with Crippen molar-refractivity contribution in [3.63, 3.8) is 0 Å². The number of rotatable bonds is 3. The lowest BCUT2D eigenvalue weighted by molar-refractivity contribution is 0.0762. The van der Waals surface area contributed by atoms with Gasteiger partial charge in [0.15, 0.2) is 11.5 Å². The quantitative estimate of drug-likeness (QED) is 0.847. The third-order valence-electron chi connectivity index (χ3n) is 4.28. The molecule has 0 spiro atoms. The van der Waals surface area contributed by atoms with Crippen LogP contribution < -0.4 is 15.2 Å². The molecule has 1 fully saturated rings. The van der Waals surface area contributed by atoms with Gasteiger partial charge in [0.25, 0.3) is 5.91 Å². The summed E-state index contributed by atoms with van der Waals surface area (Å²) in [4.78, 5) is 16.6. The van der Waals surface area contributed by atoms with Crippen molar-refractivity contribution in [3.05, 3.63) is 17.7 Å². The van der Waals surface area contributed by atoms with Gasteiger partial charge in [-0.25, -0.2) is 0 Å². The second kappa shape index (κ2) is 5.44.